The normalized spacial score (nSPS) is 14.1. The molecule has 0 radical (unpaired) electrons. The van der Waals surface area contributed by atoms with Gasteiger partial charge in [-0.1, -0.05) is 43.0 Å². The van der Waals surface area contributed by atoms with Crippen LogP contribution in [0.3, 0.4) is 0 Å². The van der Waals surface area contributed by atoms with Crippen LogP contribution in [0, 0.1) is 0 Å². The molecule has 43 heavy (non-hydrogen) atoms. The molecule has 0 spiro atoms. The van der Waals surface area contributed by atoms with Crippen LogP contribution in [0.25, 0.3) is 6.08 Å². The van der Waals surface area contributed by atoms with Gasteiger partial charge < -0.3 is 25.7 Å². The van der Waals surface area contributed by atoms with Crippen LogP contribution in [0.15, 0.2) is 78.6 Å². The van der Waals surface area contributed by atoms with E-state index >= 15 is 0 Å². The third-order valence-corrected chi connectivity index (χ3v) is 6.69. The largest absolute Gasteiger partial charge is 0.493 e. The van der Waals surface area contributed by atoms with E-state index in [2.05, 4.69) is 21.6 Å². The summed E-state index contributed by atoms with van der Waals surface area (Å²) in [4.78, 5) is 33.4. The number of aromatic nitrogens is 2. The number of anilines is 2. The molecule has 0 saturated carbocycles. The molecule has 0 saturated heterocycles. The van der Waals surface area contributed by atoms with Crippen molar-refractivity contribution in [2.24, 2.45) is 5.10 Å². The Morgan fingerprint density at radius 2 is 1.93 bits per heavy atom. The lowest BCUT2D eigenvalue weighted by Crippen LogP contribution is -2.32. The Bertz CT molecular complexity index is 1580. The first kappa shape index (κ1) is 30.5. The zero-order valence-electron chi connectivity index (χ0n) is 24.1. The van der Waals surface area contributed by atoms with Crippen molar-refractivity contribution in [1.29, 1.82) is 0 Å². The van der Waals surface area contributed by atoms with E-state index in [1.165, 1.54) is 30.3 Å². The lowest BCUT2D eigenvalue weighted by molar-refractivity contribution is -0.136. The summed E-state index contributed by atoms with van der Waals surface area (Å²) in [6.45, 7) is 3.68. The summed E-state index contributed by atoms with van der Waals surface area (Å²) in [5.41, 5.74) is 15.7. The SMILES string of the molecule is C=CCOC(=O)C=CCCC1c2ccccc2C=NN1C(=O)C=Cc1cc(Cc2cnc(N)nc2N)cc(OC)c1OC. The number of fused-ring (bicyclic) bond motifs is 1. The fourth-order valence-corrected chi connectivity index (χ4v) is 4.69. The highest BCUT2D eigenvalue weighted by Crippen LogP contribution is 2.36. The van der Waals surface area contributed by atoms with Crippen molar-refractivity contribution < 1.29 is 23.8 Å². The second-order valence-electron chi connectivity index (χ2n) is 9.54. The van der Waals surface area contributed by atoms with Crippen LogP contribution in [-0.2, 0) is 20.7 Å². The molecule has 1 aliphatic rings. The van der Waals surface area contributed by atoms with Crippen LogP contribution in [0.1, 0.15) is 46.7 Å². The minimum atomic E-state index is -0.448. The maximum atomic E-state index is 13.6. The van der Waals surface area contributed by atoms with E-state index in [9.17, 15) is 9.59 Å². The van der Waals surface area contributed by atoms with Crippen LogP contribution in [0.2, 0.25) is 0 Å². The number of nitrogen functional groups attached to an aromatic ring is 2. The fourth-order valence-electron chi connectivity index (χ4n) is 4.69. The van der Waals surface area contributed by atoms with Crippen molar-refractivity contribution in [3.63, 3.8) is 0 Å². The van der Waals surface area contributed by atoms with E-state index in [0.717, 1.165) is 16.7 Å². The number of hydrazone groups is 1. The van der Waals surface area contributed by atoms with E-state index < -0.39 is 5.97 Å². The first-order valence-electron chi connectivity index (χ1n) is 13.5. The minimum Gasteiger partial charge on any atom is -0.493 e. The molecule has 0 aliphatic carbocycles. The van der Waals surface area contributed by atoms with Gasteiger partial charge in [0, 0.05) is 35.9 Å². The molecule has 11 heteroatoms. The number of benzene rings is 2. The highest BCUT2D eigenvalue weighted by molar-refractivity contribution is 5.95. The van der Waals surface area contributed by atoms with Gasteiger partial charge in [0.1, 0.15) is 12.4 Å². The van der Waals surface area contributed by atoms with E-state index in [0.29, 0.717) is 41.9 Å². The molecule has 0 fully saturated rings. The van der Waals surface area contributed by atoms with Crippen molar-refractivity contribution in [3.8, 4) is 11.5 Å². The van der Waals surface area contributed by atoms with Gasteiger partial charge in [0.2, 0.25) is 5.95 Å². The molecule has 1 aliphatic heterocycles. The Morgan fingerprint density at radius 1 is 1.12 bits per heavy atom. The van der Waals surface area contributed by atoms with Gasteiger partial charge in [0.15, 0.2) is 11.5 Å². The molecule has 2 aromatic carbocycles. The summed E-state index contributed by atoms with van der Waals surface area (Å²) in [6.07, 6.45) is 12.4. The number of carbonyl (C=O) groups is 2. The van der Waals surface area contributed by atoms with Gasteiger partial charge in [-0.05, 0) is 47.7 Å². The third kappa shape index (κ3) is 7.64. The molecule has 222 valence electrons. The van der Waals surface area contributed by atoms with Crippen molar-refractivity contribution in [2.75, 3.05) is 32.3 Å². The van der Waals surface area contributed by atoms with Crippen molar-refractivity contribution in [1.82, 2.24) is 15.0 Å². The Morgan fingerprint density at radius 3 is 2.67 bits per heavy atom. The lowest BCUT2D eigenvalue weighted by Gasteiger charge is -2.31. The van der Waals surface area contributed by atoms with Gasteiger partial charge in [0.05, 0.1) is 26.5 Å². The maximum absolute atomic E-state index is 13.6. The van der Waals surface area contributed by atoms with Crippen LogP contribution in [0.4, 0.5) is 11.8 Å². The second kappa shape index (κ2) is 14.4. The Balaban J connectivity index is 1.58. The molecule has 4 N–H and O–H groups in total. The molecule has 4 rings (SSSR count). The fraction of sp³-hybridized carbons (Fsp3) is 0.219. The number of esters is 1. The summed E-state index contributed by atoms with van der Waals surface area (Å²) in [5, 5.41) is 5.92. The summed E-state index contributed by atoms with van der Waals surface area (Å²) in [5.74, 6) is 0.563. The van der Waals surface area contributed by atoms with Crippen molar-refractivity contribution in [2.45, 2.75) is 25.3 Å². The Hall–Kier alpha value is -5.45. The number of amides is 1. The number of ether oxygens (including phenoxy) is 3. The highest BCUT2D eigenvalue weighted by Gasteiger charge is 2.28. The van der Waals surface area contributed by atoms with Crippen molar-refractivity contribution >= 4 is 35.9 Å². The van der Waals surface area contributed by atoms with E-state index in [1.807, 2.05) is 36.4 Å². The maximum Gasteiger partial charge on any atom is 0.330 e. The van der Waals surface area contributed by atoms with Gasteiger partial charge >= 0.3 is 5.97 Å². The molecule has 1 amide bonds. The predicted octanol–water partition coefficient (Wildman–Crippen LogP) is 4.25. The van der Waals surface area contributed by atoms with E-state index in [-0.39, 0.29) is 30.3 Å². The zero-order valence-corrected chi connectivity index (χ0v) is 24.1. The van der Waals surface area contributed by atoms with Crippen LogP contribution in [0.5, 0.6) is 11.5 Å². The first-order chi connectivity index (χ1) is 20.8. The highest BCUT2D eigenvalue weighted by atomic mass is 16.5. The number of nitrogens with two attached hydrogens (primary N) is 2. The molecule has 2 heterocycles. The number of methoxy groups -OCH3 is 2. The summed E-state index contributed by atoms with van der Waals surface area (Å²) < 4.78 is 16.2. The summed E-state index contributed by atoms with van der Waals surface area (Å²) in [6, 6.07) is 11.1. The van der Waals surface area contributed by atoms with Crippen LogP contribution < -0.4 is 20.9 Å². The van der Waals surface area contributed by atoms with Crippen molar-refractivity contribution in [3.05, 3.63) is 101 Å². The molecular weight excluding hydrogens is 548 g/mol. The topological polar surface area (TPSA) is 155 Å². The monoisotopic (exact) mass is 582 g/mol. The summed E-state index contributed by atoms with van der Waals surface area (Å²) >= 11 is 0. The van der Waals surface area contributed by atoms with Crippen LogP contribution in [-0.4, -0.2) is 53.9 Å². The molecule has 1 aromatic heterocycles. The molecule has 1 unspecified atom stereocenters. The molecule has 11 nitrogen and oxygen atoms in total. The Kier molecular flexibility index (Phi) is 10.2. The number of nitrogens with zero attached hydrogens (tertiary/aromatic N) is 4. The lowest BCUT2D eigenvalue weighted by atomic mass is 9.95. The van der Waals surface area contributed by atoms with Gasteiger partial charge in [-0.15, -0.1) is 0 Å². The van der Waals surface area contributed by atoms with E-state index in [4.69, 9.17) is 25.7 Å². The second-order valence-corrected chi connectivity index (χ2v) is 9.54. The Labute approximate surface area is 250 Å². The predicted molar refractivity (Wildman–Crippen MR) is 165 cm³/mol. The molecule has 1 atom stereocenters. The number of hydrogen-bond donors (Lipinski definition) is 2. The number of carbonyl (C=O) groups excluding carboxylic acids is 2. The first-order valence-corrected chi connectivity index (χ1v) is 13.5. The molecule has 0 bridgehead atoms. The quantitative estimate of drug-likeness (QED) is 0.181. The van der Waals surface area contributed by atoms with Gasteiger partial charge in [0.25, 0.3) is 5.91 Å². The summed E-state index contributed by atoms with van der Waals surface area (Å²) in [7, 11) is 3.07. The van der Waals surface area contributed by atoms with Gasteiger partial charge in [-0.3, -0.25) is 4.79 Å². The zero-order chi connectivity index (χ0) is 30.8. The van der Waals surface area contributed by atoms with E-state index in [1.54, 1.807) is 31.7 Å². The molecule has 3 aromatic rings. The standard InChI is InChI=1S/C32H34N6O5/c1-4-15-43-29(40)12-8-7-11-26-25-10-6-5-9-23(25)20-36-38(26)28(39)14-13-22-16-21(18-27(41-2)30(22)42-3)17-24-19-35-32(34)37-31(24)33/h4-6,8-10,12-14,16,18-20,26H,1,7,11,15,17H2,2-3H3,(H4,33,34,35,37). The van der Waals surface area contributed by atoms with Gasteiger partial charge in [-0.25, -0.2) is 14.8 Å². The van der Waals surface area contributed by atoms with Crippen LogP contribution >= 0.6 is 0 Å². The van der Waals surface area contributed by atoms with Gasteiger partial charge in [-0.2, -0.15) is 10.1 Å². The molecular formula is C32H34N6O5. The number of hydrogen-bond acceptors (Lipinski definition) is 10. The minimum absolute atomic E-state index is 0.0963. The average Bonchev–Trinajstić information content (AvgIpc) is 3.01. The number of rotatable bonds is 12. The average molecular weight is 583 g/mol. The smallest absolute Gasteiger partial charge is 0.330 e. The number of allylic oxidation sites excluding steroid dienone is 1. The third-order valence-electron chi connectivity index (χ3n) is 6.69.